The second-order valence-electron chi connectivity index (χ2n) is 4.30. The van der Waals surface area contributed by atoms with E-state index in [1.54, 1.807) is 37.1 Å². The highest BCUT2D eigenvalue weighted by Crippen LogP contribution is 2.26. The summed E-state index contributed by atoms with van der Waals surface area (Å²) in [6.07, 6.45) is 2.85. The molecule has 0 spiro atoms. The van der Waals surface area contributed by atoms with Crippen LogP contribution in [0.2, 0.25) is 0 Å². The maximum Gasteiger partial charge on any atom is 0.326 e. The second-order valence-corrected chi connectivity index (χ2v) is 5.29. The molecular weight excluding hydrogens is 278 g/mol. The van der Waals surface area contributed by atoms with E-state index in [1.165, 1.54) is 4.90 Å². The number of ether oxygens (including phenoxy) is 1. The van der Waals surface area contributed by atoms with E-state index in [2.05, 4.69) is 0 Å². The van der Waals surface area contributed by atoms with Crippen molar-refractivity contribution in [2.24, 2.45) is 0 Å². The van der Waals surface area contributed by atoms with Crippen LogP contribution in [0.15, 0.2) is 18.2 Å². The van der Waals surface area contributed by atoms with Crippen molar-refractivity contribution in [1.29, 1.82) is 0 Å². The van der Waals surface area contributed by atoms with Crippen LogP contribution in [0.25, 0.3) is 0 Å². The van der Waals surface area contributed by atoms with Crippen molar-refractivity contribution in [3.05, 3.63) is 23.8 Å². The van der Waals surface area contributed by atoms with E-state index in [0.717, 1.165) is 5.56 Å². The first-order chi connectivity index (χ1) is 9.54. The summed E-state index contributed by atoms with van der Waals surface area (Å²) in [7, 11) is 1.54. The van der Waals surface area contributed by atoms with Crippen molar-refractivity contribution in [1.82, 2.24) is 0 Å². The van der Waals surface area contributed by atoms with Gasteiger partial charge in [0.05, 0.1) is 7.11 Å². The molecule has 1 N–H and O–H groups in total. The summed E-state index contributed by atoms with van der Waals surface area (Å²) in [4.78, 5) is 23.9. The van der Waals surface area contributed by atoms with Crippen molar-refractivity contribution in [3.63, 3.8) is 0 Å². The Labute approximate surface area is 122 Å². The monoisotopic (exact) mass is 297 g/mol. The number of rotatable bonds is 8. The second kappa shape index (κ2) is 7.79. The number of amides is 1. The van der Waals surface area contributed by atoms with E-state index in [9.17, 15) is 14.7 Å². The largest absolute Gasteiger partial charge is 0.496 e. The van der Waals surface area contributed by atoms with Gasteiger partial charge in [-0.2, -0.15) is 11.8 Å². The highest BCUT2D eigenvalue weighted by atomic mass is 32.2. The molecule has 1 aromatic rings. The van der Waals surface area contributed by atoms with E-state index in [1.807, 2.05) is 13.2 Å². The quantitative estimate of drug-likeness (QED) is 0.745. The molecule has 0 aromatic heterocycles. The van der Waals surface area contributed by atoms with Crippen LogP contribution in [0.3, 0.4) is 0 Å². The van der Waals surface area contributed by atoms with E-state index in [-0.39, 0.29) is 0 Å². The average molecular weight is 297 g/mol. The lowest BCUT2D eigenvalue weighted by Crippen LogP contribution is -2.41. The van der Waals surface area contributed by atoms with Gasteiger partial charge in [0.15, 0.2) is 0 Å². The number of hydrogen-bond acceptors (Lipinski definition) is 4. The number of carbonyl (C=O) groups excluding carboxylic acids is 1. The Morgan fingerprint density at radius 3 is 2.75 bits per heavy atom. The Balaban J connectivity index is 3.09. The number of nitrogens with zero attached hydrogens (tertiary/aromatic N) is 1. The molecule has 1 rings (SSSR count). The van der Waals surface area contributed by atoms with E-state index < -0.39 is 12.0 Å². The van der Waals surface area contributed by atoms with Gasteiger partial charge in [-0.1, -0.05) is 6.07 Å². The number of methoxy groups -OCH3 is 1. The number of anilines is 1. The molecule has 0 bridgehead atoms. The van der Waals surface area contributed by atoms with Crippen LogP contribution in [0.4, 0.5) is 5.69 Å². The van der Waals surface area contributed by atoms with Crippen LogP contribution in [-0.4, -0.2) is 42.6 Å². The van der Waals surface area contributed by atoms with Gasteiger partial charge in [0, 0.05) is 11.8 Å². The molecule has 1 aromatic carbocycles. The molecule has 6 heteroatoms. The summed E-state index contributed by atoms with van der Waals surface area (Å²) in [5.74, 6) is 0.290. The minimum Gasteiger partial charge on any atom is -0.496 e. The fourth-order valence-electron chi connectivity index (χ4n) is 1.89. The van der Waals surface area contributed by atoms with Crippen LogP contribution in [0.5, 0.6) is 5.75 Å². The molecule has 0 aliphatic rings. The fourth-order valence-corrected chi connectivity index (χ4v) is 2.35. The molecule has 1 atom stereocenters. The number of benzene rings is 1. The van der Waals surface area contributed by atoms with E-state index >= 15 is 0 Å². The Morgan fingerprint density at radius 2 is 2.25 bits per heavy atom. The number of carbonyl (C=O) groups is 2. The van der Waals surface area contributed by atoms with E-state index in [0.29, 0.717) is 30.0 Å². The molecule has 1 unspecified atom stereocenters. The predicted octanol–water partition coefficient (Wildman–Crippen LogP) is 2.17. The molecule has 0 aliphatic carbocycles. The van der Waals surface area contributed by atoms with E-state index in [4.69, 9.17) is 4.74 Å². The van der Waals surface area contributed by atoms with Crippen LogP contribution in [-0.2, 0) is 9.59 Å². The first-order valence-electron chi connectivity index (χ1n) is 6.15. The van der Waals surface area contributed by atoms with Gasteiger partial charge >= 0.3 is 5.97 Å². The Hall–Kier alpha value is -1.69. The van der Waals surface area contributed by atoms with Gasteiger partial charge in [-0.25, -0.2) is 4.79 Å². The lowest BCUT2D eigenvalue weighted by Gasteiger charge is -2.25. The Kier molecular flexibility index (Phi) is 6.38. The third kappa shape index (κ3) is 3.90. The van der Waals surface area contributed by atoms with Crippen molar-refractivity contribution in [3.8, 4) is 5.75 Å². The van der Waals surface area contributed by atoms with Crippen molar-refractivity contribution < 1.29 is 19.4 Å². The number of thioether (sulfide) groups is 1. The number of hydrogen-bond donors (Lipinski definition) is 1. The van der Waals surface area contributed by atoms with Gasteiger partial charge in [-0.05, 0) is 37.0 Å². The summed E-state index contributed by atoms with van der Waals surface area (Å²) >= 11 is 1.55. The first-order valence-corrected chi connectivity index (χ1v) is 7.54. The maximum absolute atomic E-state index is 11.4. The van der Waals surface area contributed by atoms with Crippen LogP contribution in [0, 0.1) is 6.92 Å². The lowest BCUT2D eigenvalue weighted by atomic mass is 10.1. The molecule has 0 saturated heterocycles. The average Bonchev–Trinajstić information content (AvgIpc) is 2.44. The molecule has 0 heterocycles. The number of carboxylic acids is 1. The third-order valence-electron chi connectivity index (χ3n) is 3.02. The first kappa shape index (κ1) is 16.4. The van der Waals surface area contributed by atoms with Gasteiger partial charge < -0.3 is 14.7 Å². The van der Waals surface area contributed by atoms with Gasteiger partial charge in [0.2, 0.25) is 6.41 Å². The van der Waals surface area contributed by atoms with Gasteiger partial charge in [0.1, 0.15) is 11.8 Å². The maximum atomic E-state index is 11.4. The lowest BCUT2D eigenvalue weighted by molar-refractivity contribution is -0.139. The highest BCUT2D eigenvalue weighted by Gasteiger charge is 2.25. The standard InChI is InChI=1S/C14H19NO4S/c1-10-4-5-11(8-13(10)19-2)15(9-16)12(14(17)18)6-7-20-3/h4-5,8-9,12H,6-7H2,1-3H3,(H,17,18). The zero-order valence-electron chi connectivity index (χ0n) is 11.8. The summed E-state index contributed by atoms with van der Waals surface area (Å²) < 4.78 is 5.21. The minimum atomic E-state index is -1.01. The van der Waals surface area contributed by atoms with Crippen molar-refractivity contribution >= 4 is 29.8 Å². The molecular formula is C14H19NO4S. The number of aryl methyl sites for hydroxylation is 1. The SMILES string of the molecule is COc1cc(N(C=O)C(CCSC)C(=O)O)ccc1C. The van der Waals surface area contributed by atoms with Crippen LogP contribution in [0.1, 0.15) is 12.0 Å². The highest BCUT2D eigenvalue weighted by molar-refractivity contribution is 7.98. The fraction of sp³-hybridized carbons (Fsp3) is 0.429. The minimum absolute atomic E-state index is 0.394. The smallest absolute Gasteiger partial charge is 0.326 e. The third-order valence-corrected chi connectivity index (χ3v) is 3.66. The summed E-state index contributed by atoms with van der Waals surface area (Å²) in [6.45, 7) is 1.89. The molecule has 110 valence electrons. The normalized spacial score (nSPS) is 11.8. The van der Waals surface area contributed by atoms with Crippen LogP contribution < -0.4 is 9.64 Å². The van der Waals surface area contributed by atoms with Crippen LogP contribution >= 0.6 is 11.8 Å². The molecule has 5 nitrogen and oxygen atoms in total. The van der Waals surface area contributed by atoms with Gasteiger partial charge in [-0.3, -0.25) is 4.79 Å². The molecule has 1 amide bonds. The summed E-state index contributed by atoms with van der Waals surface area (Å²) in [5.41, 5.74) is 1.45. The molecule has 0 radical (unpaired) electrons. The number of aliphatic carboxylic acids is 1. The summed E-state index contributed by atoms with van der Waals surface area (Å²) in [6, 6.07) is 4.34. The molecule has 0 aliphatic heterocycles. The Morgan fingerprint density at radius 1 is 1.55 bits per heavy atom. The summed E-state index contributed by atoms with van der Waals surface area (Å²) in [5, 5.41) is 9.30. The van der Waals surface area contributed by atoms with Crippen molar-refractivity contribution in [2.75, 3.05) is 24.0 Å². The Bertz CT molecular complexity index is 478. The predicted molar refractivity (Wildman–Crippen MR) is 80.7 cm³/mol. The van der Waals surface area contributed by atoms with Gasteiger partial charge in [0.25, 0.3) is 0 Å². The molecule has 0 fully saturated rings. The molecule has 20 heavy (non-hydrogen) atoms. The van der Waals surface area contributed by atoms with Gasteiger partial charge in [-0.15, -0.1) is 0 Å². The topological polar surface area (TPSA) is 66.8 Å². The molecule has 0 saturated carbocycles. The zero-order valence-corrected chi connectivity index (χ0v) is 12.6. The van der Waals surface area contributed by atoms with Crippen molar-refractivity contribution in [2.45, 2.75) is 19.4 Å². The zero-order chi connectivity index (χ0) is 15.1. The number of carboxylic acid groups (broad SMARTS) is 1.